The van der Waals surface area contributed by atoms with Gasteiger partial charge in [-0.05, 0) is 50.9 Å². The monoisotopic (exact) mass is 236 g/mol. The van der Waals surface area contributed by atoms with Crippen LogP contribution in [0.15, 0.2) is 35.6 Å². The average molecular weight is 236 g/mol. The van der Waals surface area contributed by atoms with E-state index in [2.05, 4.69) is 44.1 Å². The molecule has 0 aliphatic heterocycles. The van der Waals surface area contributed by atoms with E-state index >= 15 is 0 Å². The zero-order valence-corrected chi connectivity index (χ0v) is 12.3. The fourth-order valence-corrected chi connectivity index (χ4v) is 1.61. The Labute approximate surface area is 107 Å². The second-order valence-electron chi connectivity index (χ2n) is 5.21. The molecule has 0 aromatic carbocycles. The van der Waals surface area contributed by atoms with Crippen molar-refractivity contribution in [3.8, 4) is 0 Å². The van der Waals surface area contributed by atoms with Crippen LogP contribution in [-0.4, -0.2) is 20.6 Å². The van der Waals surface area contributed by atoms with Crippen molar-refractivity contribution < 1.29 is 0 Å². The predicted octanol–water partition coefficient (Wildman–Crippen LogP) is 3.25. The minimum absolute atomic E-state index is 0.195. The molecule has 0 aliphatic carbocycles. The summed E-state index contributed by atoms with van der Waals surface area (Å²) in [6, 6.07) is 0. The van der Waals surface area contributed by atoms with E-state index < -0.39 is 0 Å². The molecule has 0 amide bonds. The van der Waals surface area contributed by atoms with Gasteiger partial charge in [0.15, 0.2) is 0 Å². The number of hydrogen-bond donors (Lipinski definition) is 2. The third-order valence-electron chi connectivity index (χ3n) is 3.22. The van der Waals surface area contributed by atoms with Crippen molar-refractivity contribution in [2.75, 3.05) is 20.6 Å². The van der Waals surface area contributed by atoms with Gasteiger partial charge in [-0.3, -0.25) is 0 Å². The van der Waals surface area contributed by atoms with Gasteiger partial charge in [0, 0.05) is 12.7 Å². The summed E-state index contributed by atoms with van der Waals surface area (Å²) in [4.78, 5) is 0. The van der Waals surface area contributed by atoms with Gasteiger partial charge >= 0.3 is 0 Å². The highest BCUT2D eigenvalue weighted by Crippen LogP contribution is 2.31. The topological polar surface area (TPSA) is 24.1 Å². The highest BCUT2D eigenvalue weighted by molar-refractivity contribution is 5.30. The molecule has 0 rings (SSSR count). The summed E-state index contributed by atoms with van der Waals surface area (Å²) in [5.74, 6) is 0. The number of allylic oxidation sites excluding steroid dienone is 4. The molecule has 0 atom stereocenters. The van der Waals surface area contributed by atoms with Gasteiger partial charge < -0.3 is 10.6 Å². The fraction of sp³-hybridized carbons (Fsp3) is 0.600. The molecule has 17 heavy (non-hydrogen) atoms. The quantitative estimate of drug-likeness (QED) is 0.663. The third-order valence-corrected chi connectivity index (χ3v) is 3.22. The van der Waals surface area contributed by atoms with Crippen molar-refractivity contribution in [2.45, 2.75) is 34.1 Å². The van der Waals surface area contributed by atoms with Crippen molar-refractivity contribution in [1.82, 2.24) is 10.6 Å². The zero-order chi connectivity index (χ0) is 13.5. The second-order valence-corrected chi connectivity index (χ2v) is 5.21. The maximum Gasteiger partial charge on any atom is 0.0332 e. The summed E-state index contributed by atoms with van der Waals surface area (Å²) in [6.45, 7) is 13.7. The van der Waals surface area contributed by atoms with Crippen LogP contribution in [0.5, 0.6) is 0 Å². The Morgan fingerprint density at radius 3 is 2.18 bits per heavy atom. The summed E-state index contributed by atoms with van der Waals surface area (Å²) in [7, 11) is 3.96. The summed E-state index contributed by atoms with van der Waals surface area (Å²) in [5.41, 5.74) is 3.83. The molecule has 98 valence electrons. The Bertz CT molecular complexity index is 309. The van der Waals surface area contributed by atoms with Crippen molar-refractivity contribution in [3.63, 3.8) is 0 Å². The smallest absolute Gasteiger partial charge is 0.0332 e. The van der Waals surface area contributed by atoms with Crippen molar-refractivity contribution >= 4 is 0 Å². The number of rotatable bonds is 7. The molecule has 2 N–H and O–H groups in total. The Balaban J connectivity index is 5.00. The van der Waals surface area contributed by atoms with E-state index in [1.54, 1.807) is 0 Å². The number of hydrogen-bond acceptors (Lipinski definition) is 2. The lowest BCUT2D eigenvalue weighted by molar-refractivity contribution is 0.397. The number of nitrogens with one attached hydrogen (secondary N) is 2. The standard InChI is InChI=1S/C15H28N2/c1-12(2)8-9-14(17-7)13(3)15(4,5)10-11-16-6/h8-9,16-17H,1,10-11H2,2-7H3/b9-8-,14-13-. The average Bonchev–Trinajstić information content (AvgIpc) is 2.26. The molecule has 0 saturated heterocycles. The molecule has 0 unspecified atom stereocenters. The van der Waals surface area contributed by atoms with Gasteiger partial charge in [0.2, 0.25) is 0 Å². The van der Waals surface area contributed by atoms with Crippen LogP contribution in [0.3, 0.4) is 0 Å². The van der Waals surface area contributed by atoms with Gasteiger partial charge in [-0.1, -0.05) is 32.1 Å². The lowest BCUT2D eigenvalue weighted by atomic mass is 9.80. The Morgan fingerprint density at radius 2 is 1.76 bits per heavy atom. The first-order chi connectivity index (χ1) is 7.85. The second kappa shape index (κ2) is 7.33. The molecule has 0 bridgehead atoms. The van der Waals surface area contributed by atoms with Crippen LogP contribution in [0.2, 0.25) is 0 Å². The van der Waals surface area contributed by atoms with Crippen molar-refractivity contribution in [2.24, 2.45) is 5.41 Å². The first-order valence-electron chi connectivity index (χ1n) is 6.22. The highest BCUT2D eigenvalue weighted by Gasteiger charge is 2.21. The molecule has 0 aromatic heterocycles. The van der Waals surface area contributed by atoms with Crippen LogP contribution in [0, 0.1) is 5.41 Å². The van der Waals surface area contributed by atoms with Gasteiger partial charge in [0.05, 0.1) is 0 Å². The molecule has 0 heterocycles. The van der Waals surface area contributed by atoms with Crippen molar-refractivity contribution in [3.05, 3.63) is 35.6 Å². The Hall–Kier alpha value is -1.02. The van der Waals surface area contributed by atoms with Crippen LogP contribution in [-0.2, 0) is 0 Å². The van der Waals surface area contributed by atoms with E-state index in [4.69, 9.17) is 0 Å². The highest BCUT2D eigenvalue weighted by atomic mass is 14.8. The maximum atomic E-state index is 3.89. The minimum Gasteiger partial charge on any atom is -0.388 e. The molecule has 2 heteroatoms. The van der Waals surface area contributed by atoms with Gasteiger partial charge in [-0.2, -0.15) is 0 Å². The Morgan fingerprint density at radius 1 is 1.18 bits per heavy atom. The molecule has 0 fully saturated rings. The van der Waals surface area contributed by atoms with Crippen LogP contribution in [0.4, 0.5) is 0 Å². The molecular formula is C15H28N2. The first-order valence-corrected chi connectivity index (χ1v) is 6.22. The molecular weight excluding hydrogens is 208 g/mol. The zero-order valence-electron chi connectivity index (χ0n) is 12.3. The van der Waals surface area contributed by atoms with E-state index in [1.165, 1.54) is 11.3 Å². The van der Waals surface area contributed by atoms with E-state index in [0.717, 1.165) is 18.5 Å². The molecule has 2 nitrogen and oxygen atoms in total. The van der Waals surface area contributed by atoms with Gasteiger partial charge in [0.25, 0.3) is 0 Å². The minimum atomic E-state index is 0.195. The van der Waals surface area contributed by atoms with Gasteiger partial charge in [-0.15, -0.1) is 0 Å². The van der Waals surface area contributed by atoms with Crippen LogP contribution in [0.1, 0.15) is 34.1 Å². The lowest BCUT2D eigenvalue weighted by Gasteiger charge is -2.28. The molecule has 0 aliphatic rings. The van der Waals surface area contributed by atoms with Crippen LogP contribution in [0.25, 0.3) is 0 Å². The predicted molar refractivity (Wildman–Crippen MR) is 78.0 cm³/mol. The van der Waals surface area contributed by atoms with Gasteiger partial charge in [0.1, 0.15) is 0 Å². The number of likely N-dealkylation sites (N-methyl/N-ethyl adjacent to an activating group) is 1. The lowest BCUT2D eigenvalue weighted by Crippen LogP contribution is -2.23. The summed E-state index contributed by atoms with van der Waals surface area (Å²) in [5, 5.41) is 6.48. The molecule has 0 spiro atoms. The van der Waals surface area contributed by atoms with Crippen LogP contribution >= 0.6 is 0 Å². The normalized spacial score (nSPS) is 13.8. The molecule has 0 radical (unpaired) electrons. The summed E-state index contributed by atoms with van der Waals surface area (Å²) in [6.07, 6.45) is 5.28. The SMILES string of the molecule is C=C(C)/C=C\C(NC)=C(/C)C(C)(C)CCNC. The van der Waals surface area contributed by atoms with E-state index in [9.17, 15) is 0 Å². The summed E-state index contributed by atoms with van der Waals surface area (Å²) < 4.78 is 0. The molecule has 0 saturated carbocycles. The van der Waals surface area contributed by atoms with Gasteiger partial charge in [-0.25, -0.2) is 0 Å². The Kier molecular flexibility index (Phi) is 6.89. The first kappa shape index (κ1) is 16.0. The van der Waals surface area contributed by atoms with E-state index in [1.807, 2.05) is 27.1 Å². The van der Waals surface area contributed by atoms with E-state index in [0.29, 0.717) is 0 Å². The fourth-order valence-electron chi connectivity index (χ4n) is 1.61. The largest absolute Gasteiger partial charge is 0.388 e. The molecule has 0 aromatic rings. The third kappa shape index (κ3) is 5.73. The van der Waals surface area contributed by atoms with E-state index in [-0.39, 0.29) is 5.41 Å². The maximum absolute atomic E-state index is 3.89. The van der Waals surface area contributed by atoms with Crippen molar-refractivity contribution in [1.29, 1.82) is 0 Å². The summed E-state index contributed by atoms with van der Waals surface area (Å²) >= 11 is 0. The van der Waals surface area contributed by atoms with Crippen LogP contribution < -0.4 is 10.6 Å².